The number of thiazole rings is 1. The van der Waals surface area contributed by atoms with E-state index in [4.69, 9.17) is 0 Å². The van der Waals surface area contributed by atoms with Crippen molar-refractivity contribution in [1.29, 1.82) is 0 Å². The van der Waals surface area contributed by atoms with E-state index >= 15 is 0 Å². The summed E-state index contributed by atoms with van der Waals surface area (Å²) in [5, 5.41) is 11.5. The minimum absolute atomic E-state index is 0.116. The molecule has 2 rings (SSSR count). The number of nitrogens with zero attached hydrogens (tertiary/aromatic N) is 2. The van der Waals surface area contributed by atoms with Crippen LogP contribution in [0.1, 0.15) is 5.56 Å². The van der Waals surface area contributed by atoms with Gasteiger partial charge in [-0.1, -0.05) is 0 Å². The average molecular weight is 238 g/mol. The number of rotatable bonds is 2. The molecule has 2 aromatic heterocycles. The lowest BCUT2D eigenvalue weighted by Gasteiger charge is -1.94. The maximum absolute atomic E-state index is 11.3. The SMILES string of the molecule is O=c1[nH]c(O)c(/C=N/c2nccs2)c(=O)[nH]1. The van der Waals surface area contributed by atoms with Crippen LogP contribution < -0.4 is 11.2 Å². The van der Waals surface area contributed by atoms with Crippen molar-refractivity contribution in [1.82, 2.24) is 15.0 Å². The van der Waals surface area contributed by atoms with Crippen molar-refractivity contribution >= 4 is 22.7 Å². The fourth-order valence-electron chi connectivity index (χ4n) is 1.00. The number of H-pyrrole nitrogens is 2. The Morgan fingerprint density at radius 1 is 1.44 bits per heavy atom. The fourth-order valence-corrected chi connectivity index (χ4v) is 1.48. The molecule has 0 radical (unpaired) electrons. The van der Waals surface area contributed by atoms with Crippen LogP contribution in [0.4, 0.5) is 5.13 Å². The van der Waals surface area contributed by atoms with E-state index in [-0.39, 0.29) is 5.56 Å². The maximum atomic E-state index is 11.3. The molecule has 0 fully saturated rings. The summed E-state index contributed by atoms with van der Waals surface area (Å²) < 4.78 is 0. The normalized spacial score (nSPS) is 11.0. The Hall–Kier alpha value is -2.22. The van der Waals surface area contributed by atoms with Gasteiger partial charge in [0.2, 0.25) is 11.0 Å². The highest BCUT2D eigenvalue weighted by molar-refractivity contribution is 7.13. The number of nitrogens with one attached hydrogen (secondary N) is 2. The molecule has 0 spiro atoms. The predicted octanol–water partition coefficient (Wildman–Crippen LogP) is -0.0241. The van der Waals surface area contributed by atoms with E-state index in [0.29, 0.717) is 5.13 Å². The molecule has 8 heteroatoms. The van der Waals surface area contributed by atoms with Crippen LogP contribution in [0.5, 0.6) is 5.88 Å². The van der Waals surface area contributed by atoms with Crippen molar-refractivity contribution < 1.29 is 5.11 Å². The van der Waals surface area contributed by atoms with Gasteiger partial charge in [-0.3, -0.25) is 14.8 Å². The molecule has 0 aromatic carbocycles. The van der Waals surface area contributed by atoms with Crippen LogP contribution in [0, 0.1) is 0 Å². The Morgan fingerprint density at radius 3 is 2.88 bits per heavy atom. The minimum atomic E-state index is -0.770. The van der Waals surface area contributed by atoms with Gasteiger partial charge in [-0.05, 0) is 0 Å². The molecule has 0 unspecified atom stereocenters. The smallest absolute Gasteiger partial charge is 0.328 e. The van der Waals surface area contributed by atoms with Crippen molar-refractivity contribution in [3.63, 3.8) is 0 Å². The molecule has 2 aromatic rings. The summed E-state index contributed by atoms with van der Waals surface area (Å²) in [4.78, 5) is 33.8. The molecule has 0 aliphatic heterocycles. The van der Waals surface area contributed by atoms with Gasteiger partial charge < -0.3 is 5.11 Å². The largest absolute Gasteiger partial charge is 0.494 e. The highest BCUT2D eigenvalue weighted by atomic mass is 32.1. The molecule has 7 nitrogen and oxygen atoms in total. The van der Waals surface area contributed by atoms with Crippen LogP contribution in [-0.2, 0) is 0 Å². The number of hydrogen-bond donors (Lipinski definition) is 3. The zero-order valence-electron chi connectivity index (χ0n) is 7.80. The molecular weight excluding hydrogens is 232 g/mol. The highest BCUT2D eigenvalue weighted by Gasteiger charge is 2.05. The summed E-state index contributed by atoms with van der Waals surface area (Å²) in [7, 11) is 0. The number of aromatic nitrogens is 3. The molecular formula is C8H6N4O3S. The summed E-state index contributed by atoms with van der Waals surface area (Å²) in [6.07, 6.45) is 2.71. The first-order chi connectivity index (χ1) is 7.66. The van der Waals surface area contributed by atoms with Crippen molar-refractivity contribution in [2.24, 2.45) is 4.99 Å². The van der Waals surface area contributed by atoms with Gasteiger partial charge in [-0.15, -0.1) is 11.3 Å². The number of aromatic amines is 2. The molecule has 3 N–H and O–H groups in total. The van der Waals surface area contributed by atoms with Gasteiger partial charge in [0.1, 0.15) is 5.56 Å². The van der Waals surface area contributed by atoms with Crippen LogP contribution in [0.15, 0.2) is 26.2 Å². The second-order valence-electron chi connectivity index (χ2n) is 2.74. The summed E-state index contributed by atoms with van der Waals surface area (Å²) in [5.41, 5.74) is -1.59. The lowest BCUT2D eigenvalue weighted by atomic mass is 10.3. The molecule has 0 atom stereocenters. The number of aromatic hydroxyl groups is 1. The predicted molar refractivity (Wildman–Crippen MR) is 58.7 cm³/mol. The first kappa shape index (κ1) is 10.3. The van der Waals surface area contributed by atoms with E-state index in [2.05, 4.69) is 9.98 Å². The number of hydrogen-bond acceptors (Lipinski definition) is 6. The molecule has 82 valence electrons. The van der Waals surface area contributed by atoms with Gasteiger partial charge in [-0.25, -0.2) is 14.8 Å². The zero-order valence-corrected chi connectivity index (χ0v) is 8.61. The van der Waals surface area contributed by atoms with E-state index in [1.165, 1.54) is 11.3 Å². The van der Waals surface area contributed by atoms with Gasteiger partial charge in [0.25, 0.3) is 5.56 Å². The van der Waals surface area contributed by atoms with Crippen molar-refractivity contribution in [3.8, 4) is 5.88 Å². The molecule has 16 heavy (non-hydrogen) atoms. The molecule has 0 aliphatic rings. The maximum Gasteiger partial charge on any atom is 0.328 e. The fraction of sp³-hybridized carbons (Fsp3) is 0. The number of aliphatic imine (C=N–C) groups is 1. The molecule has 0 saturated heterocycles. The highest BCUT2D eigenvalue weighted by Crippen LogP contribution is 2.14. The topological polar surface area (TPSA) is 111 Å². The third kappa shape index (κ3) is 2.06. The Labute approximate surface area is 92.2 Å². The minimum Gasteiger partial charge on any atom is -0.494 e. The monoisotopic (exact) mass is 238 g/mol. The second kappa shape index (κ2) is 4.11. The molecule has 2 heterocycles. The summed E-state index contributed by atoms with van der Waals surface area (Å²) in [5.74, 6) is -0.519. The average Bonchev–Trinajstić information content (AvgIpc) is 2.68. The van der Waals surface area contributed by atoms with E-state index in [1.54, 1.807) is 11.6 Å². The Morgan fingerprint density at radius 2 is 2.25 bits per heavy atom. The summed E-state index contributed by atoms with van der Waals surface area (Å²) in [6.45, 7) is 0. The Kier molecular flexibility index (Phi) is 2.64. The van der Waals surface area contributed by atoms with E-state index in [9.17, 15) is 14.7 Å². The summed E-state index contributed by atoms with van der Waals surface area (Å²) >= 11 is 1.28. The quantitative estimate of drug-likeness (QED) is 0.638. The van der Waals surface area contributed by atoms with Crippen LogP contribution >= 0.6 is 11.3 Å². The van der Waals surface area contributed by atoms with Crippen LogP contribution in [-0.4, -0.2) is 26.3 Å². The lowest BCUT2D eigenvalue weighted by Crippen LogP contribution is -2.24. The first-order valence-corrected chi connectivity index (χ1v) is 5.04. The van der Waals surface area contributed by atoms with E-state index in [1.807, 2.05) is 9.97 Å². The molecule has 0 bridgehead atoms. The third-order valence-electron chi connectivity index (χ3n) is 1.68. The third-order valence-corrected chi connectivity index (χ3v) is 2.36. The van der Waals surface area contributed by atoms with Crippen molar-refractivity contribution in [2.75, 3.05) is 0 Å². The lowest BCUT2D eigenvalue weighted by molar-refractivity contribution is 0.447. The van der Waals surface area contributed by atoms with Crippen LogP contribution in [0.3, 0.4) is 0 Å². The van der Waals surface area contributed by atoms with Gasteiger partial charge in [0, 0.05) is 17.8 Å². The first-order valence-electron chi connectivity index (χ1n) is 4.16. The van der Waals surface area contributed by atoms with E-state index in [0.717, 1.165) is 6.21 Å². The molecule has 0 aliphatic carbocycles. The van der Waals surface area contributed by atoms with Crippen LogP contribution in [0.25, 0.3) is 0 Å². The Bertz CT molecular complexity index is 625. The van der Waals surface area contributed by atoms with E-state index < -0.39 is 17.1 Å². The van der Waals surface area contributed by atoms with Crippen molar-refractivity contribution in [3.05, 3.63) is 38.0 Å². The molecule has 0 saturated carbocycles. The van der Waals surface area contributed by atoms with Gasteiger partial charge in [-0.2, -0.15) is 0 Å². The van der Waals surface area contributed by atoms with Crippen LogP contribution in [0.2, 0.25) is 0 Å². The van der Waals surface area contributed by atoms with Crippen molar-refractivity contribution in [2.45, 2.75) is 0 Å². The molecule has 0 amide bonds. The zero-order chi connectivity index (χ0) is 11.5. The summed E-state index contributed by atoms with van der Waals surface area (Å²) in [6, 6.07) is 0. The Balaban J connectivity index is 2.43. The van der Waals surface area contributed by atoms with Gasteiger partial charge in [0.15, 0.2) is 0 Å². The second-order valence-corrected chi connectivity index (χ2v) is 3.62. The standard InChI is InChI=1S/C8H6N4O3S/c13-5-4(6(14)12-7(15)11-5)3-10-8-9-1-2-16-8/h1-3H,(H3,11,12,13,14,15)/b10-3+. The van der Waals surface area contributed by atoms with Gasteiger partial charge in [0.05, 0.1) is 0 Å². The van der Waals surface area contributed by atoms with Gasteiger partial charge >= 0.3 is 5.69 Å².